The Balaban J connectivity index is 2.31. The zero-order valence-electron chi connectivity index (χ0n) is 12.5. The molecule has 2 rings (SSSR count). The fourth-order valence-electron chi connectivity index (χ4n) is 1.77. The Kier molecular flexibility index (Phi) is 4.34. The summed E-state index contributed by atoms with van der Waals surface area (Å²) in [5, 5.41) is 3.76. The normalized spacial score (nSPS) is 11.9. The number of nitrogens with zero attached hydrogens (tertiary/aromatic N) is 2. The second-order valence-electron chi connectivity index (χ2n) is 4.96. The molecule has 0 aliphatic carbocycles. The van der Waals surface area contributed by atoms with Gasteiger partial charge in [0.2, 0.25) is 10.0 Å². The van der Waals surface area contributed by atoms with E-state index in [1.807, 2.05) is 6.92 Å². The molecule has 1 heterocycles. The number of hydrogen-bond donors (Lipinski definition) is 0. The van der Waals surface area contributed by atoms with Crippen LogP contribution in [0.4, 0.5) is 0 Å². The maximum Gasteiger partial charge on any atom is 0.246 e. The minimum absolute atomic E-state index is 0.125. The lowest BCUT2D eigenvalue weighted by molar-refractivity contribution is 0.243. The zero-order chi connectivity index (χ0) is 15.6. The quantitative estimate of drug-likeness (QED) is 0.846. The Labute approximate surface area is 124 Å². The van der Waals surface area contributed by atoms with E-state index in [4.69, 9.17) is 9.26 Å². The predicted molar refractivity (Wildman–Crippen MR) is 77.6 cm³/mol. The van der Waals surface area contributed by atoms with Gasteiger partial charge in [-0.2, -0.15) is 0 Å². The Bertz CT molecular complexity index is 735. The summed E-state index contributed by atoms with van der Waals surface area (Å²) < 4.78 is 36.5. The number of ether oxygens (including phenoxy) is 1. The van der Waals surface area contributed by atoms with E-state index in [2.05, 4.69) is 5.16 Å². The third-order valence-corrected chi connectivity index (χ3v) is 4.74. The van der Waals surface area contributed by atoms with Gasteiger partial charge in [-0.25, -0.2) is 12.7 Å². The third kappa shape index (κ3) is 3.43. The fourth-order valence-corrected chi connectivity index (χ4v) is 2.88. The molecule has 0 aliphatic rings. The van der Waals surface area contributed by atoms with Crippen LogP contribution in [0.5, 0.6) is 5.75 Å². The predicted octanol–water partition coefficient (Wildman–Crippen LogP) is 2.12. The Morgan fingerprint density at radius 3 is 2.52 bits per heavy atom. The maximum absolute atomic E-state index is 12.3. The molecule has 0 saturated carbocycles. The average Bonchev–Trinajstić information content (AvgIpc) is 2.83. The molecule has 0 radical (unpaired) electrons. The molecule has 0 spiro atoms. The van der Waals surface area contributed by atoms with Gasteiger partial charge in [-0.05, 0) is 31.5 Å². The molecule has 114 valence electrons. The van der Waals surface area contributed by atoms with E-state index in [1.165, 1.54) is 14.1 Å². The van der Waals surface area contributed by atoms with Crippen molar-refractivity contribution in [2.24, 2.45) is 0 Å². The molecule has 0 saturated heterocycles. The monoisotopic (exact) mass is 310 g/mol. The van der Waals surface area contributed by atoms with Gasteiger partial charge in [-0.3, -0.25) is 0 Å². The van der Waals surface area contributed by atoms with Crippen molar-refractivity contribution < 1.29 is 17.7 Å². The van der Waals surface area contributed by atoms with E-state index in [0.29, 0.717) is 11.5 Å². The molecule has 0 unspecified atom stereocenters. The number of aromatic nitrogens is 1. The fraction of sp³-hybridized carbons (Fsp3) is 0.357. The number of rotatable bonds is 5. The molecular weight excluding hydrogens is 292 g/mol. The highest BCUT2D eigenvalue weighted by atomic mass is 32.2. The third-order valence-electron chi connectivity index (χ3n) is 2.90. The molecule has 0 bridgehead atoms. The molecule has 21 heavy (non-hydrogen) atoms. The first-order chi connectivity index (χ1) is 9.80. The van der Waals surface area contributed by atoms with Crippen molar-refractivity contribution in [3.8, 4) is 5.75 Å². The average molecular weight is 310 g/mol. The summed E-state index contributed by atoms with van der Waals surface area (Å²) >= 11 is 0. The van der Waals surface area contributed by atoms with Crippen molar-refractivity contribution in [3.63, 3.8) is 0 Å². The van der Waals surface area contributed by atoms with E-state index < -0.39 is 10.0 Å². The standard InChI is InChI=1S/C14H18N2O4S/c1-10-5-6-13(14(7-10)21(17,18)16(3)4)19-9-12-8-11(2)15-20-12/h5-8H,9H2,1-4H3. The van der Waals surface area contributed by atoms with Crippen LogP contribution in [0.1, 0.15) is 17.0 Å². The van der Waals surface area contributed by atoms with Gasteiger partial charge < -0.3 is 9.26 Å². The van der Waals surface area contributed by atoms with Gasteiger partial charge in [-0.15, -0.1) is 0 Å². The van der Waals surface area contributed by atoms with Crippen molar-refractivity contribution in [2.45, 2.75) is 25.3 Å². The molecular formula is C14H18N2O4S. The van der Waals surface area contributed by atoms with E-state index in [1.54, 1.807) is 31.2 Å². The van der Waals surface area contributed by atoms with Gasteiger partial charge in [0.25, 0.3) is 0 Å². The van der Waals surface area contributed by atoms with Crippen LogP contribution in [0, 0.1) is 13.8 Å². The first-order valence-corrected chi connectivity index (χ1v) is 7.83. The maximum atomic E-state index is 12.3. The molecule has 0 aliphatic heterocycles. The lowest BCUT2D eigenvalue weighted by Gasteiger charge is -2.15. The SMILES string of the molecule is Cc1ccc(OCc2cc(C)no2)c(S(=O)(=O)N(C)C)c1. The second kappa shape index (κ2) is 5.87. The van der Waals surface area contributed by atoms with Gasteiger partial charge in [0.05, 0.1) is 5.69 Å². The van der Waals surface area contributed by atoms with Crippen LogP contribution in [-0.2, 0) is 16.6 Å². The first-order valence-electron chi connectivity index (χ1n) is 6.39. The summed E-state index contributed by atoms with van der Waals surface area (Å²) in [6, 6.07) is 6.79. The van der Waals surface area contributed by atoms with Crippen molar-refractivity contribution in [1.82, 2.24) is 9.46 Å². The van der Waals surface area contributed by atoms with Crippen LogP contribution in [0.2, 0.25) is 0 Å². The summed E-state index contributed by atoms with van der Waals surface area (Å²) in [5.74, 6) is 0.838. The second-order valence-corrected chi connectivity index (χ2v) is 7.08. The molecule has 6 nitrogen and oxygen atoms in total. The molecule has 0 fully saturated rings. The smallest absolute Gasteiger partial charge is 0.246 e. The van der Waals surface area contributed by atoms with Crippen molar-refractivity contribution in [1.29, 1.82) is 0 Å². The van der Waals surface area contributed by atoms with Crippen molar-refractivity contribution in [3.05, 3.63) is 41.3 Å². The Morgan fingerprint density at radius 2 is 1.95 bits per heavy atom. The molecule has 0 N–H and O–H groups in total. The zero-order valence-corrected chi connectivity index (χ0v) is 13.3. The minimum Gasteiger partial charge on any atom is -0.484 e. The van der Waals surface area contributed by atoms with Crippen LogP contribution >= 0.6 is 0 Å². The van der Waals surface area contributed by atoms with Gasteiger partial charge in [0.15, 0.2) is 5.76 Å². The van der Waals surface area contributed by atoms with Crippen LogP contribution < -0.4 is 4.74 Å². The van der Waals surface area contributed by atoms with Crippen LogP contribution in [0.25, 0.3) is 0 Å². The molecule has 1 aromatic heterocycles. The van der Waals surface area contributed by atoms with Crippen LogP contribution in [-0.4, -0.2) is 32.0 Å². The highest BCUT2D eigenvalue weighted by Crippen LogP contribution is 2.27. The highest BCUT2D eigenvalue weighted by Gasteiger charge is 2.22. The lowest BCUT2D eigenvalue weighted by atomic mass is 10.2. The van der Waals surface area contributed by atoms with Crippen LogP contribution in [0.15, 0.2) is 33.7 Å². The molecule has 0 amide bonds. The summed E-state index contributed by atoms with van der Waals surface area (Å²) in [6.07, 6.45) is 0. The van der Waals surface area contributed by atoms with Gasteiger partial charge >= 0.3 is 0 Å². The number of sulfonamides is 1. The largest absolute Gasteiger partial charge is 0.484 e. The Hall–Kier alpha value is -1.86. The first kappa shape index (κ1) is 15.5. The van der Waals surface area contributed by atoms with E-state index in [9.17, 15) is 8.42 Å². The van der Waals surface area contributed by atoms with Gasteiger partial charge in [0.1, 0.15) is 17.3 Å². The van der Waals surface area contributed by atoms with Crippen LogP contribution in [0.3, 0.4) is 0 Å². The minimum atomic E-state index is -3.57. The highest BCUT2D eigenvalue weighted by molar-refractivity contribution is 7.89. The van der Waals surface area contributed by atoms with E-state index in [0.717, 1.165) is 15.6 Å². The van der Waals surface area contributed by atoms with Crippen molar-refractivity contribution in [2.75, 3.05) is 14.1 Å². The molecule has 7 heteroatoms. The summed E-state index contributed by atoms with van der Waals surface area (Å²) in [6.45, 7) is 3.76. The molecule has 1 aromatic carbocycles. The number of aryl methyl sites for hydroxylation is 2. The summed E-state index contributed by atoms with van der Waals surface area (Å²) in [7, 11) is -0.592. The number of hydrogen-bond acceptors (Lipinski definition) is 5. The lowest BCUT2D eigenvalue weighted by Crippen LogP contribution is -2.23. The molecule has 2 aromatic rings. The van der Waals surface area contributed by atoms with Gasteiger partial charge in [-0.1, -0.05) is 11.2 Å². The summed E-state index contributed by atoms with van der Waals surface area (Å²) in [5.41, 5.74) is 1.59. The van der Waals surface area contributed by atoms with E-state index >= 15 is 0 Å². The van der Waals surface area contributed by atoms with Crippen molar-refractivity contribution >= 4 is 10.0 Å². The Morgan fingerprint density at radius 1 is 1.24 bits per heavy atom. The summed E-state index contributed by atoms with van der Waals surface area (Å²) in [4.78, 5) is 0.142. The topological polar surface area (TPSA) is 72.6 Å². The van der Waals surface area contributed by atoms with Gasteiger partial charge in [0, 0.05) is 20.2 Å². The molecule has 0 atom stereocenters. The number of benzene rings is 1. The van der Waals surface area contributed by atoms with E-state index in [-0.39, 0.29) is 11.5 Å².